The van der Waals surface area contributed by atoms with Gasteiger partial charge in [-0.2, -0.15) is 0 Å². The standard InChI is InChI=1S/C11H13IO4/c1-6(11(15)16-2)10(14)7-3-4-8(12)9(13)5-7/h3-6,10,13-14H,1-2H3/t6-,10+/m0/s1. The molecule has 0 saturated carbocycles. The molecule has 88 valence electrons. The molecule has 2 atom stereocenters. The van der Waals surface area contributed by atoms with Crippen LogP contribution in [0.2, 0.25) is 0 Å². The SMILES string of the molecule is COC(=O)[C@@H](C)[C@@H](O)c1ccc(I)c(O)c1. The van der Waals surface area contributed by atoms with Gasteiger partial charge in [-0.25, -0.2) is 0 Å². The van der Waals surface area contributed by atoms with E-state index in [1.165, 1.54) is 13.2 Å². The maximum absolute atomic E-state index is 11.2. The molecule has 2 N–H and O–H groups in total. The van der Waals surface area contributed by atoms with Crippen LogP contribution < -0.4 is 0 Å². The molecule has 0 bridgehead atoms. The molecule has 0 amide bonds. The first-order valence-corrected chi connectivity index (χ1v) is 5.79. The van der Waals surface area contributed by atoms with Gasteiger partial charge in [0.1, 0.15) is 5.75 Å². The highest BCUT2D eigenvalue weighted by molar-refractivity contribution is 14.1. The number of esters is 1. The average molecular weight is 336 g/mol. The van der Waals surface area contributed by atoms with E-state index in [2.05, 4.69) is 4.74 Å². The lowest BCUT2D eigenvalue weighted by atomic mass is 9.97. The third-order valence-electron chi connectivity index (χ3n) is 2.36. The number of halogens is 1. The number of carbonyl (C=O) groups is 1. The normalized spacial score (nSPS) is 14.2. The monoisotopic (exact) mass is 336 g/mol. The van der Waals surface area contributed by atoms with Crippen LogP contribution in [0.15, 0.2) is 18.2 Å². The molecule has 0 aliphatic rings. The van der Waals surface area contributed by atoms with Gasteiger partial charge in [0, 0.05) is 0 Å². The molecule has 0 aromatic heterocycles. The van der Waals surface area contributed by atoms with Crippen LogP contribution >= 0.6 is 22.6 Å². The fourth-order valence-corrected chi connectivity index (χ4v) is 1.65. The highest BCUT2D eigenvalue weighted by Crippen LogP contribution is 2.28. The van der Waals surface area contributed by atoms with E-state index in [9.17, 15) is 15.0 Å². The van der Waals surface area contributed by atoms with Crippen molar-refractivity contribution >= 4 is 28.6 Å². The van der Waals surface area contributed by atoms with Crippen LogP contribution in [-0.4, -0.2) is 23.3 Å². The molecule has 4 nitrogen and oxygen atoms in total. The van der Waals surface area contributed by atoms with E-state index >= 15 is 0 Å². The second kappa shape index (κ2) is 5.49. The number of ether oxygens (including phenoxy) is 1. The van der Waals surface area contributed by atoms with E-state index in [0.717, 1.165) is 0 Å². The summed E-state index contributed by atoms with van der Waals surface area (Å²) in [6.07, 6.45) is -0.977. The van der Waals surface area contributed by atoms with Gasteiger partial charge in [0.15, 0.2) is 0 Å². The van der Waals surface area contributed by atoms with E-state index in [4.69, 9.17) is 0 Å². The number of aliphatic hydroxyl groups is 1. The zero-order valence-corrected chi connectivity index (χ0v) is 11.1. The van der Waals surface area contributed by atoms with Crippen LogP contribution in [0.1, 0.15) is 18.6 Å². The predicted molar refractivity (Wildman–Crippen MR) is 67.0 cm³/mol. The van der Waals surface area contributed by atoms with Gasteiger partial charge < -0.3 is 14.9 Å². The number of hydrogen-bond acceptors (Lipinski definition) is 4. The minimum Gasteiger partial charge on any atom is -0.507 e. The van der Waals surface area contributed by atoms with Crippen LogP contribution in [0.25, 0.3) is 0 Å². The van der Waals surface area contributed by atoms with E-state index in [0.29, 0.717) is 9.13 Å². The summed E-state index contributed by atoms with van der Waals surface area (Å²) in [7, 11) is 1.27. The number of hydrogen-bond donors (Lipinski definition) is 2. The summed E-state index contributed by atoms with van der Waals surface area (Å²) >= 11 is 1.98. The van der Waals surface area contributed by atoms with Crippen molar-refractivity contribution in [3.05, 3.63) is 27.3 Å². The lowest BCUT2D eigenvalue weighted by Gasteiger charge is -2.17. The van der Waals surface area contributed by atoms with E-state index in [1.807, 2.05) is 22.6 Å². The Morgan fingerprint density at radius 3 is 2.62 bits per heavy atom. The van der Waals surface area contributed by atoms with Crippen LogP contribution in [0.5, 0.6) is 5.75 Å². The molecule has 1 aromatic carbocycles. The summed E-state index contributed by atoms with van der Waals surface area (Å²) in [4.78, 5) is 11.2. The highest BCUT2D eigenvalue weighted by atomic mass is 127. The van der Waals surface area contributed by atoms with E-state index in [1.54, 1.807) is 19.1 Å². The summed E-state index contributed by atoms with van der Waals surface area (Å²) in [5, 5.41) is 19.4. The number of aliphatic hydroxyl groups excluding tert-OH is 1. The second-order valence-electron chi connectivity index (χ2n) is 3.47. The molecule has 0 heterocycles. The molecule has 0 saturated heterocycles. The van der Waals surface area contributed by atoms with Gasteiger partial charge in [-0.15, -0.1) is 0 Å². The Morgan fingerprint density at radius 2 is 2.12 bits per heavy atom. The molecular formula is C11H13IO4. The zero-order valence-electron chi connectivity index (χ0n) is 8.98. The third kappa shape index (κ3) is 2.85. The summed E-state index contributed by atoms with van der Waals surface area (Å²) in [6, 6.07) is 4.80. The number of phenols is 1. The van der Waals surface area contributed by atoms with Crippen molar-refractivity contribution in [2.45, 2.75) is 13.0 Å². The van der Waals surface area contributed by atoms with E-state index in [-0.39, 0.29) is 5.75 Å². The van der Waals surface area contributed by atoms with Crippen molar-refractivity contribution in [1.29, 1.82) is 0 Å². The van der Waals surface area contributed by atoms with Crippen molar-refractivity contribution in [1.82, 2.24) is 0 Å². The highest BCUT2D eigenvalue weighted by Gasteiger charge is 2.24. The first kappa shape index (κ1) is 13.2. The minimum atomic E-state index is -0.977. The number of phenolic OH excluding ortho intramolecular Hbond substituents is 1. The number of carbonyl (C=O) groups excluding carboxylic acids is 1. The van der Waals surface area contributed by atoms with Crippen molar-refractivity contribution in [2.75, 3.05) is 7.11 Å². The largest absolute Gasteiger partial charge is 0.507 e. The van der Waals surface area contributed by atoms with Crippen LogP contribution in [0.4, 0.5) is 0 Å². The fourth-order valence-electron chi connectivity index (χ4n) is 1.32. The number of rotatable bonds is 3. The first-order chi connectivity index (χ1) is 7.47. The summed E-state index contributed by atoms with van der Waals surface area (Å²) in [5.41, 5.74) is 0.496. The topological polar surface area (TPSA) is 66.8 Å². The molecule has 1 rings (SSSR count). The molecule has 0 aliphatic heterocycles. The van der Waals surface area contributed by atoms with Gasteiger partial charge in [0.2, 0.25) is 0 Å². The Bertz CT molecular complexity index is 392. The summed E-state index contributed by atoms with van der Waals surface area (Å²) in [6.45, 7) is 1.57. The second-order valence-corrected chi connectivity index (χ2v) is 4.63. The quantitative estimate of drug-likeness (QED) is 0.653. The van der Waals surface area contributed by atoms with Crippen molar-refractivity contribution < 1.29 is 19.7 Å². The Kier molecular flexibility index (Phi) is 4.55. The number of aromatic hydroxyl groups is 1. The van der Waals surface area contributed by atoms with Gasteiger partial charge in [-0.3, -0.25) is 4.79 Å². The van der Waals surface area contributed by atoms with Crippen LogP contribution in [0, 0.1) is 9.49 Å². The lowest BCUT2D eigenvalue weighted by Crippen LogP contribution is -2.20. The van der Waals surface area contributed by atoms with Crippen molar-refractivity contribution in [3.8, 4) is 5.75 Å². The van der Waals surface area contributed by atoms with Gasteiger partial charge in [0.05, 0.1) is 22.7 Å². The van der Waals surface area contributed by atoms with Crippen molar-refractivity contribution in [3.63, 3.8) is 0 Å². The Morgan fingerprint density at radius 1 is 1.50 bits per heavy atom. The van der Waals surface area contributed by atoms with Gasteiger partial charge in [0.25, 0.3) is 0 Å². The van der Waals surface area contributed by atoms with E-state index < -0.39 is 18.0 Å². The third-order valence-corrected chi connectivity index (χ3v) is 3.27. The van der Waals surface area contributed by atoms with Gasteiger partial charge in [-0.1, -0.05) is 6.07 Å². The molecule has 0 unspecified atom stereocenters. The first-order valence-electron chi connectivity index (χ1n) is 4.71. The number of benzene rings is 1. The summed E-state index contributed by atoms with van der Waals surface area (Å²) in [5.74, 6) is -1.05. The van der Waals surface area contributed by atoms with Crippen LogP contribution in [-0.2, 0) is 9.53 Å². The summed E-state index contributed by atoms with van der Waals surface area (Å²) < 4.78 is 5.24. The maximum atomic E-state index is 11.2. The zero-order chi connectivity index (χ0) is 12.3. The van der Waals surface area contributed by atoms with Crippen LogP contribution in [0.3, 0.4) is 0 Å². The molecule has 0 radical (unpaired) electrons. The minimum absolute atomic E-state index is 0.0919. The molecule has 5 heteroatoms. The number of methoxy groups -OCH3 is 1. The Labute approximate surface area is 107 Å². The molecule has 1 aromatic rings. The molecule has 0 spiro atoms. The molecule has 16 heavy (non-hydrogen) atoms. The predicted octanol–water partition coefficient (Wildman–Crippen LogP) is 1.84. The van der Waals surface area contributed by atoms with Gasteiger partial charge >= 0.3 is 5.97 Å². The van der Waals surface area contributed by atoms with Gasteiger partial charge in [-0.05, 0) is 47.2 Å². The lowest BCUT2D eigenvalue weighted by molar-refractivity contribution is -0.148. The molecular weight excluding hydrogens is 323 g/mol. The Hall–Kier alpha value is -0.820. The van der Waals surface area contributed by atoms with Crippen molar-refractivity contribution in [2.24, 2.45) is 5.92 Å². The molecule has 0 aliphatic carbocycles. The Balaban J connectivity index is 2.91. The fraction of sp³-hybridized carbons (Fsp3) is 0.364. The smallest absolute Gasteiger partial charge is 0.311 e. The molecule has 0 fully saturated rings. The average Bonchev–Trinajstić information content (AvgIpc) is 2.29. The maximum Gasteiger partial charge on any atom is 0.311 e.